The molecule has 3 aromatic heterocycles. The molecule has 0 amide bonds. The summed E-state index contributed by atoms with van der Waals surface area (Å²) in [5, 5.41) is 10.8. The molecule has 0 radical (unpaired) electrons. The fraction of sp³-hybridized carbons (Fsp3) is 0.115. The van der Waals surface area contributed by atoms with Crippen LogP contribution in [0.25, 0.3) is 33.5 Å². The first kappa shape index (κ1) is 26.0. The number of aliphatic hydroxyl groups excluding tert-OH is 1. The van der Waals surface area contributed by atoms with E-state index in [0.29, 0.717) is 16.6 Å². The minimum Gasteiger partial charge on any atom is -0.364 e. The first-order valence-electron chi connectivity index (χ1n) is 11.1. The van der Waals surface area contributed by atoms with Gasteiger partial charge in [0.15, 0.2) is 11.9 Å². The monoisotopic (exact) mass is 561 g/mol. The Morgan fingerprint density at radius 2 is 1.79 bits per heavy atom. The number of hydrogen-bond acceptors (Lipinski definition) is 5. The first-order valence-corrected chi connectivity index (χ1v) is 12.9. The molecule has 5 rings (SSSR count). The highest BCUT2D eigenvalue weighted by molar-refractivity contribution is 7.90. The normalized spacial score (nSPS) is 13.2. The van der Waals surface area contributed by atoms with Gasteiger partial charge in [-0.3, -0.25) is 0 Å². The number of fused-ring (bicyclic) bond motifs is 1. The van der Waals surface area contributed by atoms with E-state index in [-0.39, 0.29) is 32.4 Å². The van der Waals surface area contributed by atoms with Crippen LogP contribution in [-0.4, -0.2) is 34.6 Å². The van der Waals surface area contributed by atoms with Crippen LogP contribution in [0.4, 0.5) is 13.2 Å². The van der Waals surface area contributed by atoms with E-state index >= 15 is 0 Å². The molecule has 0 saturated carbocycles. The minimum atomic E-state index is -4.58. The Morgan fingerprint density at radius 3 is 2.45 bits per heavy atom. The van der Waals surface area contributed by atoms with E-state index in [2.05, 4.69) is 9.97 Å². The van der Waals surface area contributed by atoms with E-state index in [9.17, 15) is 26.7 Å². The predicted molar refractivity (Wildman–Crippen MR) is 136 cm³/mol. The first-order chi connectivity index (χ1) is 18.0. The van der Waals surface area contributed by atoms with Crippen molar-refractivity contribution in [3.05, 3.63) is 95.3 Å². The third kappa shape index (κ3) is 4.47. The molecule has 0 spiro atoms. The number of alkyl halides is 3. The number of aliphatic hydroxyl groups is 1. The summed E-state index contributed by atoms with van der Waals surface area (Å²) in [5.41, 5.74) is 0.916. The van der Waals surface area contributed by atoms with Gasteiger partial charge in [0.2, 0.25) is 0 Å². The molecule has 12 heteroatoms. The largest absolute Gasteiger partial charge is 0.416 e. The van der Waals surface area contributed by atoms with Gasteiger partial charge in [-0.05, 0) is 42.5 Å². The fourth-order valence-electron chi connectivity index (χ4n) is 4.20. The lowest BCUT2D eigenvalue weighted by atomic mass is 10.0. The quantitative estimate of drug-likeness (QED) is 0.239. The average Bonchev–Trinajstić information content (AvgIpc) is 3.53. The summed E-state index contributed by atoms with van der Waals surface area (Å²) in [6.45, 7) is 0. The Kier molecular flexibility index (Phi) is 6.56. The molecule has 0 saturated heterocycles. The number of aromatic amines is 1. The number of methoxy groups -OCH3 is 1. The molecule has 196 valence electrons. The summed E-state index contributed by atoms with van der Waals surface area (Å²) in [6, 6.07) is 15.6. The zero-order chi connectivity index (χ0) is 27.2. The molecule has 1 atom stereocenters. The van der Waals surface area contributed by atoms with Gasteiger partial charge in [-0.15, -0.1) is 0 Å². The van der Waals surface area contributed by atoms with Crippen molar-refractivity contribution in [3.8, 4) is 22.5 Å². The summed E-state index contributed by atoms with van der Waals surface area (Å²) in [6.07, 6.45) is -3.17. The second-order valence-corrected chi connectivity index (χ2v) is 10.5. The van der Waals surface area contributed by atoms with Gasteiger partial charge in [-0.2, -0.15) is 13.2 Å². The highest BCUT2D eigenvalue weighted by atomic mass is 35.5. The third-order valence-electron chi connectivity index (χ3n) is 6.05. The van der Waals surface area contributed by atoms with Crippen molar-refractivity contribution in [3.63, 3.8) is 0 Å². The van der Waals surface area contributed by atoms with Crippen molar-refractivity contribution in [1.29, 1.82) is 0 Å². The zero-order valence-corrected chi connectivity index (χ0v) is 21.1. The molecule has 2 N–H and O–H groups in total. The van der Waals surface area contributed by atoms with Crippen LogP contribution in [0, 0.1) is 0 Å². The minimum absolute atomic E-state index is 0.0920. The van der Waals surface area contributed by atoms with Crippen LogP contribution in [0.15, 0.2) is 84.0 Å². The summed E-state index contributed by atoms with van der Waals surface area (Å²) >= 11 is 6.23. The number of hydrogen-bond donors (Lipinski definition) is 2. The van der Waals surface area contributed by atoms with Gasteiger partial charge in [0.1, 0.15) is 0 Å². The average molecular weight is 562 g/mol. The number of ether oxygens (including phenoxy) is 1. The molecule has 3 heterocycles. The Hall–Kier alpha value is -3.64. The molecular weight excluding hydrogens is 543 g/mol. The van der Waals surface area contributed by atoms with Gasteiger partial charge in [-0.1, -0.05) is 35.9 Å². The van der Waals surface area contributed by atoms with E-state index in [1.54, 1.807) is 36.4 Å². The molecule has 38 heavy (non-hydrogen) atoms. The maximum Gasteiger partial charge on any atom is 0.416 e. The molecule has 0 bridgehead atoms. The SMILES string of the molecule is COC(O)c1cc(-c2ccnc3c2ccn3S(=O)(=O)c2ccccc2)[nH]c1-c1ccc(C(F)(F)F)cc1Cl. The van der Waals surface area contributed by atoms with E-state index in [4.69, 9.17) is 16.3 Å². The topological polar surface area (TPSA) is 97.2 Å². The lowest BCUT2D eigenvalue weighted by Gasteiger charge is -2.13. The zero-order valence-electron chi connectivity index (χ0n) is 19.6. The number of pyridine rings is 1. The molecule has 0 fully saturated rings. The molecule has 0 aliphatic carbocycles. The number of benzene rings is 2. The van der Waals surface area contributed by atoms with Crippen LogP contribution in [0.2, 0.25) is 5.02 Å². The number of H-pyrrole nitrogens is 1. The molecule has 1 unspecified atom stereocenters. The van der Waals surface area contributed by atoms with Crippen molar-refractivity contribution >= 4 is 32.7 Å². The van der Waals surface area contributed by atoms with Gasteiger partial charge in [-0.25, -0.2) is 17.4 Å². The van der Waals surface area contributed by atoms with E-state index < -0.39 is 28.1 Å². The molecule has 5 aromatic rings. The summed E-state index contributed by atoms with van der Waals surface area (Å²) in [7, 11) is -2.66. The molecular formula is C26H19ClF3N3O4S. The smallest absolute Gasteiger partial charge is 0.364 e. The Morgan fingerprint density at radius 1 is 1.05 bits per heavy atom. The second kappa shape index (κ2) is 9.59. The number of nitrogens with zero attached hydrogens (tertiary/aromatic N) is 2. The number of aromatic nitrogens is 3. The summed E-state index contributed by atoms with van der Waals surface area (Å²) in [4.78, 5) is 7.47. The van der Waals surface area contributed by atoms with Gasteiger partial charge in [0.05, 0.1) is 21.2 Å². The van der Waals surface area contributed by atoms with Crippen molar-refractivity contribution in [2.24, 2.45) is 0 Å². The van der Waals surface area contributed by atoms with Crippen molar-refractivity contribution < 1.29 is 31.4 Å². The van der Waals surface area contributed by atoms with Crippen LogP contribution in [0.5, 0.6) is 0 Å². The van der Waals surface area contributed by atoms with E-state index in [1.165, 1.54) is 37.7 Å². The lowest BCUT2D eigenvalue weighted by molar-refractivity contribution is -0.137. The lowest BCUT2D eigenvalue weighted by Crippen LogP contribution is -2.12. The van der Waals surface area contributed by atoms with Gasteiger partial charge in [0, 0.05) is 47.3 Å². The Labute approximate surface area is 220 Å². The number of halogens is 4. The molecule has 0 aliphatic rings. The standard InChI is InChI=1S/C26H19ClF3N3O4S/c1-37-25(34)20-14-22(32-23(20)19-8-7-15(13-21(19)27)26(28,29)30)17-9-11-31-24-18(17)10-12-33(24)38(35,36)16-5-3-2-4-6-16/h2-14,25,32,34H,1H3. The molecule has 2 aromatic carbocycles. The van der Waals surface area contributed by atoms with Gasteiger partial charge in [0.25, 0.3) is 10.0 Å². The predicted octanol–water partition coefficient (Wildman–Crippen LogP) is 6.24. The van der Waals surface area contributed by atoms with Crippen molar-refractivity contribution in [2.45, 2.75) is 17.4 Å². The maximum atomic E-state index is 13.2. The van der Waals surface area contributed by atoms with Crippen LogP contribution in [0.1, 0.15) is 17.4 Å². The van der Waals surface area contributed by atoms with Gasteiger partial charge < -0.3 is 14.8 Å². The Bertz CT molecular complexity index is 1750. The fourth-order valence-corrected chi connectivity index (χ4v) is 5.80. The Balaban J connectivity index is 1.66. The summed E-state index contributed by atoms with van der Waals surface area (Å²) in [5.74, 6) is 0. The van der Waals surface area contributed by atoms with Crippen LogP contribution in [0.3, 0.4) is 0 Å². The highest BCUT2D eigenvalue weighted by Crippen LogP contribution is 2.40. The molecule has 7 nitrogen and oxygen atoms in total. The molecule has 0 aliphatic heterocycles. The van der Waals surface area contributed by atoms with Crippen LogP contribution in [-0.2, 0) is 20.9 Å². The second-order valence-electron chi connectivity index (χ2n) is 8.32. The maximum absolute atomic E-state index is 13.2. The van der Waals surface area contributed by atoms with Gasteiger partial charge >= 0.3 is 6.18 Å². The number of nitrogens with one attached hydrogen (secondary N) is 1. The number of rotatable bonds is 6. The highest BCUT2D eigenvalue weighted by Gasteiger charge is 2.31. The van der Waals surface area contributed by atoms with E-state index in [1.807, 2.05) is 0 Å². The van der Waals surface area contributed by atoms with Crippen molar-refractivity contribution in [2.75, 3.05) is 7.11 Å². The van der Waals surface area contributed by atoms with Crippen molar-refractivity contribution in [1.82, 2.24) is 13.9 Å². The van der Waals surface area contributed by atoms with Crippen LogP contribution >= 0.6 is 11.6 Å². The van der Waals surface area contributed by atoms with Crippen LogP contribution < -0.4 is 0 Å². The van der Waals surface area contributed by atoms with E-state index in [0.717, 1.165) is 16.1 Å². The summed E-state index contributed by atoms with van der Waals surface area (Å²) < 4.78 is 72.1. The third-order valence-corrected chi connectivity index (χ3v) is 8.04.